The smallest absolute Gasteiger partial charge is 0.166 e. The molecule has 1 aliphatic rings. The lowest BCUT2D eigenvalue weighted by Gasteiger charge is -2.20. The van der Waals surface area contributed by atoms with Crippen molar-refractivity contribution in [2.75, 3.05) is 6.61 Å². The maximum absolute atomic E-state index is 13.7. The molecule has 1 aliphatic heterocycles. The van der Waals surface area contributed by atoms with Gasteiger partial charge in [0.1, 0.15) is 0 Å². The van der Waals surface area contributed by atoms with Crippen molar-refractivity contribution < 1.29 is 13.5 Å². The average Bonchev–Trinajstić information content (AvgIpc) is 2.46. The zero-order chi connectivity index (χ0) is 14.5. The first-order valence-corrected chi connectivity index (χ1v) is 7.06. The monoisotopic (exact) mass is 278 g/mol. The molecule has 108 valence electrons. The van der Waals surface area contributed by atoms with Crippen LogP contribution in [0.1, 0.15) is 37.3 Å². The summed E-state index contributed by atoms with van der Waals surface area (Å²) in [5.74, 6) is -0.276. The van der Waals surface area contributed by atoms with Crippen LogP contribution < -0.4 is 0 Å². The van der Waals surface area contributed by atoms with Crippen molar-refractivity contribution in [1.82, 2.24) is 0 Å². The van der Waals surface area contributed by atoms with Crippen LogP contribution in [0.5, 0.6) is 0 Å². The second-order valence-corrected chi connectivity index (χ2v) is 5.19. The van der Waals surface area contributed by atoms with Crippen molar-refractivity contribution in [1.29, 1.82) is 0 Å². The Morgan fingerprint density at radius 3 is 2.75 bits per heavy atom. The van der Waals surface area contributed by atoms with Crippen molar-refractivity contribution in [3.63, 3.8) is 0 Å². The van der Waals surface area contributed by atoms with Crippen LogP contribution in [-0.4, -0.2) is 6.61 Å². The molecule has 1 aromatic carbocycles. The van der Waals surface area contributed by atoms with Gasteiger partial charge >= 0.3 is 0 Å². The summed E-state index contributed by atoms with van der Waals surface area (Å²) in [4.78, 5) is 0. The molecule has 0 aliphatic carbocycles. The number of allylic oxidation sites excluding steroid dienone is 2. The number of hydrogen-bond acceptors (Lipinski definition) is 1. The molecular weight excluding hydrogens is 258 g/mol. The van der Waals surface area contributed by atoms with Crippen LogP contribution in [0.4, 0.5) is 8.78 Å². The third-order valence-electron chi connectivity index (χ3n) is 3.48. The standard InChI is InChI=1S/C17H20F2O/c1-3-4-15-10-7-13(11-20-15)6-9-14-8-5-12(2)16(18)17(14)19/h5-6,8-10,13H,3-4,7,11H2,1-2H3/b9-6+. The molecule has 1 nitrogen and oxygen atoms in total. The Morgan fingerprint density at radius 1 is 1.30 bits per heavy atom. The van der Waals surface area contributed by atoms with Gasteiger partial charge in [-0.15, -0.1) is 0 Å². The third-order valence-corrected chi connectivity index (χ3v) is 3.48. The predicted molar refractivity (Wildman–Crippen MR) is 77.2 cm³/mol. The van der Waals surface area contributed by atoms with Gasteiger partial charge in [0.2, 0.25) is 0 Å². The van der Waals surface area contributed by atoms with E-state index in [1.165, 1.54) is 0 Å². The quantitative estimate of drug-likeness (QED) is 0.752. The molecule has 0 aromatic heterocycles. The molecule has 1 aromatic rings. The van der Waals surface area contributed by atoms with Crippen LogP contribution in [0.15, 0.2) is 30.0 Å². The molecule has 0 amide bonds. The van der Waals surface area contributed by atoms with Gasteiger partial charge in [-0.1, -0.05) is 31.2 Å². The summed E-state index contributed by atoms with van der Waals surface area (Å²) in [6.07, 6.45) is 8.56. The minimum absolute atomic E-state index is 0.222. The Labute approximate surface area is 119 Å². The van der Waals surface area contributed by atoms with Crippen LogP contribution in [0, 0.1) is 24.5 Å². The lowest BCUT2D eigenvalue weighted by Crippen LogP contribution is -2.11. The predicted octanol–water partition coefficient (Wildman–Crippen LogP) is 5.01. The molecule has 2 rings (SSSR count). The van der Waals surface area contributed by atoms with Gasteiger partial charge in [-0.05, 0) is 31.4 Å². The second-order valence-electron chi connectivity index (χ2n) is 5.19. The van der Waals surface area contributed by atoms with Crippen molar-refractivity contribution in [2.45, 2.75) is 33.1 Å². The Balaban J connectivity index is 2.03. The number of benzene rings is 1. The second kappa shape index (κ2) is 6.69. The van der Waals surface area contributed by atoms with Gasteiger partial charge in [0.25, 0.3) is 0 Å². The van der Waals surface area contributed by atoms with Gasteiger partial charge in [0.15, 0.2) is 11.6 Å². The van der Waals surface area contributed by atoms with E-state index in [0.717, 1.165) is 25.0 Å². The summed E-state index contributed by atoms with van der Waals surface area (Å²) in [5, 5.41) is 0. The number of hydrogen-bond donors (Lipinski definition) is 0. The molecule has 20 heavy (non-hydrogen) atoms. The van der Waals surface area contributed by atoms with Gasteiger partial charge in [-0.2, -0.15) is 0 Å². The largest absolute Gasteiger partial charge is 0.498 e. The average molecular weight is 278 g/mol. The van der Waals surface area contributed by atoms with E-state index >= 15 is 0 Å². The molecule has 1 heterocycles. The van der Waals surface area contributed by atoms with Crippen LogP contribution in [0.3, 0.4) is 0 Å². The highest BCUT2D eigenvalue weighted by Gasteiger charge is 2.13. The summed E-state index contributed by atoms with van der Waals surface area (Å²) >= 11 is 0. The molecule has 0 fully saturated rings. The van der Waals surface area contributed by atoms with E-state index in [-0.39, 0.29) is 11.5 Å². The fourth-order valence-corrected chi connectivity index (χ4v) is 2.21. The highest BCUT2D eigenvalue weighted by molar-refractivity contribution is 5.51. The molecule has 0 saturated carbocycles. The molecular formula is C17H20F2O. The Morgan fingerprint density at radius 2 is 2.10 bits per heavy atom. The molecule has 0 spiro atoms. The van der Waals surface area contributed by atoms with Gasteiger partial charge in [-0.3, -0.25) is 0 Å². The molecule has 0 N–H and O–H groups in total. The van der Waals surface area contributed by atoms with E-state index < -0.39 is 11.6 Å². The van der Waals surface area contributed by atoms with E-state index in [1.807, 2.05) is 6.08 Å². The molecule has 0 bridgehead atoms. The maximum atomic E-state index is 13.7. The Kier molecular flexibility index (Phi) is 4.94. The van der Waals surface area contributed by atoms with Gasteiger partial charge in [0.05, 0.1) is 12.4 Å². The zero-order valence-electron chi connectivity index (χ0n) is 12.0. The Hall–Kier alpha value is -1.64. The van der Waals surface area contributed by atoms with E-state index in [9.17, 15) is 8.78 Å². The first kappa shape index (κ1) is 14.8. The summed E-state index contributed by atoms with van der Waals surface area (Å²) in [5.41, 5.74) is 0.615. The first-order chi connectivity index (χ1) is 9.61. The highest BCUT2D eigenvalue weighted by atomic mass is 19.2. The molecule has 1 unspecified atom stereocenters. The van der Waals surface area contributed by atoms with E-state index in [0.29, 0.717) is 12.2 Å². The minimum atomic E-state index is -0.778. The van der Waals surface area contributed by atoms with Crippen LogP contribution in [-0.2, 0) is 4.74 Å². The summed E-state index contributed by atoms with van der Waals surface area (Å²) in [7, 11) is 0. The van der Waals surface area contributed by atoms with Crippen molar-refractivity contribution in [3.05, 3.63) is 52.8 Å². The van der Waals surface area contributed by atoms with Gasteiger partial charge in [-0.25, -0.2) is 8.78 Å². The van der Waals surface area contributed by atoms with E-state index in [4.69, 9.17) is 4.74 Å². The molecule has 0 saturated heterocycles. The number of ether oxygens (including phenoxy) is 1. The molecule has 1 atom stereocenters. The first-order valence-electron chi connectivity index (χ1n) is 7.06. The number of aryl methyl sites for hydroxylation is 1. The number of halogens is 2. The molecule has 0 radical (unpaired) electrons. The molecule has 3 heteroatoms. The van der Waals surface area contributed by atoms with Gasteiger partial charge in [0, 0.05) is 17.9 Å². The van der Waals surface area contributed by atoms with E-state index in [1.54, 1.807) is 25.1 Å². The third kappa shape index (κ3) is 3.47. The summed E-state index contributed by atoms with van der Waals surface area (Å²) in [6.45, 7) is 4.28. The van der Waals surface area contributed by atoms with Crippen LogP contribution >= 0.6 is 0 Å². The van der Waals surface area contributed by atoms with Crippen LogP contribution in [0.2, 0.25) is 0 Å². The lowest BCUT2D eigenvalue weighted by atomic mass is 10.0. The SMILES string of the molecule is CCCC1=CCC(/C=C/c2ccc(C)c(F)c2F)CO1. The van der Waals surface area contributed by atoms with Crippen molar-refractivity contribution >= 4 is 6.08 Å². The van der Waals surface area contributed by atoms with Crippen molar-refractivity contribution in [2.24, 2.45) is 5.92 Å². The maximum Gasteiger partial charge on any atom is 0.166 e. The Bertz CT molecular complexity index is 532. The highest BCUT2D eigenvalue weighted by Crippen LogP contribution is 2.22. The minimum Gasteiger partial charge on any atom is -0.498 e. The van der Waals surface area contributed by atoms with E-state index in [2.05, 4.69) is 13.0 Å². The lowest BCUT2D eigenvalue weighted by molar-refractivity contribution is 0.157. The fraction of sp³-hybridized carbons (Fsp3) is 0.412. The van der Waals surface area contributed by atoms with Gasteiger partial charge < -0.3 is 4.74 Å². The normalized spacial score (nSPS) is 19.0. The van der Waals surface area contributed by atoms with Crippen LogP contribution in [0.25, 0.3) is 6.08 Å². The fourth-order valence-electron chi connectivity index (χ4n) is 2.21. The number of rotatable bonds is 4. The topological polar surface area (TPSA) is 9.23 Å². The summed E-state index contributed by atoms with van der Waals surface area (Å²) in [6, 6.07) is 3.20. The summed E-state index contributed by atoms with van der Waals surface area (Å²) < 4.78 is 32.8. The zero-order valence-corrected chi connectivity index (χ0v) is 12.0. The van der Waals surface area contributed by atoms with Crippen molar-refractivity contribution in [3.8, 4) is 0 Å².